The molecule has 140 valence electrons. The van der Waals surface area contributed by atoms with Gasteiger partial charge in [-0.3, -0.25) is 4.79 Å². The van der Waals surface area contributed by atoms with E-state index in [1.165, 1.54) is 23.5 Å². The third-order valence-corrected chi connectivity index (χ3v) is 6.15. The van der Waals surface area contributed by atoms with Crippen molar-refractivity contribution in [1.29, 1.82) is 0 Å². The molecular weight excluding hydrogens is 399 g/mol. The number of aromatic nitrogens is 3. The number of nitrogens with one attached hydrogen (secondary N) is 1. The molecule has 2 aromatic heterocycles. The summed E-state index contributed by atoms with van der Waals surface area (Å²) >= 11 is 7.57. The second-order valence-corrected chi connectivity index (χ2v) is 8.14. The predicted molar refractivity (Wildman–Crippen MR) is 108 cm³/mol. The molecule has 0 aliphatic carbocycles. The number of amides is 1. The van der Waals surface area contributed by atoms with Crippen molar-refractivity contribution in [2.24, 2.45) is 0 Å². The molecule has 0 saturated heterocycles. The van der Waals surface area contributed by atoms with Gasteiger partial charge < -0.3 is 5.32 Å². The molecule has 4 aromatic rings. The van der Waals surface area contributed by atoms with E-state index in [2.05, 4.69) is 15.4 Å². The van der Waals surface area contributed by atoms with E-state index in [1.807, 2.05) is 31.2 Å². The van der Waals surface area contributed by atoms with Crippen LogP contribution in [0.1, 0.15) is 29.2 Å². The first-order chi connectivity index (χ1) is 13.5. The summed E-state index contributed by atoms with van der Waals surface area (Å²) in [5.74, 6) is -0.496. The lowest BCUT2D eigenvalue weighted by Gasteiger charge is -2.24. The van der Waals surface area contributed by atoms with E-state index in [0.29, 0.717) is 21.5 Å². The van der Waals surface area contributed by atoms with Crippen LogP contribution < -0.4 is 5.32 Å². The summed E-state index contributed by atoms with van der Waals surface area (Å²) in [6.45, 7) is 1.86. The van der Waals surface area contributed by atoms with Gasteiger partial charge in [0.1, 0.15) is 11.6 Å². The number of hydrogen-bond acceptors (Lipinski definition) is 4. The maximum absolute atomic E-state index is 14.5. The number of halogens is 2. The van der Waals surface area contributed by atoms with Crippen LogP contribution in [0.3, 0.4) is 0 Å². The summed E-state index contributed by atoms with van der Waals surface area (Å²) < 4.78 is 17.2. The molecule has 0 bridgehead atoms. The van der Waals surface area contributed by atoms with Gasteiger partial charge in [-0.1, -0.05) is 35.1 Å². The Morgan fingerprint density at radius 1 is 1.29 bits per heavy atom. The van der Waals surface area contributed by atoms with Crippen LogP contribution in [0.15, 0.2) is 42.5 Å². The topological polar surface area (TPSA) is 59.8 Å². The number of fused-ring (bicyclic) bond motifs is 2. The Bertz CT molecular complexity index is 1220. The van der Waals surface area contributed by atoms with E-state index < -0.39 is 5.92 Å². The number of rotatable bonds is 2. The minimum atomic E-state index is -0.453. The molecule has 8 heteroatoms. The first kappa shape index (κ1) is 17.3. The quantitative estimate of drug-likeness (QED) is 0.500. The third-order valence-electron chi connectivity index (χ3n) is 4.90. The van der Waals surface area contributed by atoms with Gasteiger partial charge in [0.05, 0.1) is 15.9 Å². The lowest BCUT2D eigenvalue weighted by atomic mass is 9.85. The molecule has 1 atom stereocenters. The standard InChI is InChI=1S/C20H14ClFN4OS/c1-10-18-13(12-8-11(21)6-7-14(12)22)9-17(27)24-19(18)26(25-10)20-23-15-4-2-3-5-16(15)28-20/h2-8,13H,9H2,1H3,(H,24,27)/t13-/m0/s1. The molecule has 1 N–H and O–H groups in total. The van der Waals surface area contributed by atoms with E-state index in [9.17, 15) is 9.18 Å². The van der Waals surface area contributed by atoms with E-state index in [0.717, 1.165) is 21.5 Å². The summed E-state index contributed by atoms with van der Waals surface area (Å²) in [4.78, 5) is 17.1. The van der Waals surface area contributed by atoms with Crippen LogP contribution in [0.4, 0.5) is 10.2 Å². The smallest absolute Gasteiger partial charge is 0.226 e. The Balaban J connectivity index is 1.70. The highest BCUT2D eigenvalue weighted by Crippen LogP contribution is 2.42. The lowest BCUT2D eigenvalue weighted by Crippen LogP contribution is -2.25. The van der Waals surface area contributed by atoms with Crippen molar-refractivity contribution in [1.82, 2.24) is 14.8 Å². The molecular formula is C20H14ClFN4OS. The average Bonchev–Trinajstić information content (AvgIpc) is 3.24. The highest BCUT2D eigenvalue weighted by molar-refractivity contribution is 7.20. The van der Waals surface area contributed by atoms with Crippen LogP contribution in [0.5, 0.6) is 0 Å². The second kappa shape index (κ2) is 6.39. The fourth-order valence-corrected chi connectivity index (χ4v) is 4.79. The van der Waals surface area contributed by atoms with Gasteiger partial charge in [0, 0.05) is 22.9 Å². The monoisotopic (exact) mass is 412 g/mol. The van der Waals surface area contributed by atoms with Crippen molar-refractivity contribution in [2.45, 2.75) is 19.3 Å². The minimum absolute atomic E-state index is 0.136. The predicted octanol–water partition coefficient (Wildman–Crippen LogP) is 5.06. The third kappa shape index (κ3) is 2.70. The van der Waals surface area contributed by atoms with Crippen LogP contribution in [0, 0.1) is 12.7 Å². The fraction of sp³-hybridized carbons (Fsp3) is 0.150. The van der Waals surface area contributed by atoms with E-state index in [-0.39, 0.29) is 18.1 Å². The molecule has 1 aliphatic heterocycles. The molecule has 1 aliphatic rings. The van der Waals surface area contributed by atoms with Gasteiger partial charge in [0.15, 0.2) is 0 Å². The molecule has 2 aromatic carbocycles. The van der Waals surface area contributed by atoms with Gasteiger partial charge in [-0.05, 0) is 42.8 Å². The number of hydrogen-bond donors (Lipinski definition) is 1. The fourth-order valence-electron chi connectivity index (χ4n) is 3.68. The number of thiazole rings is 1. The Labute approximate surface area is 168 Å². The number of nitrogens with zero attached hydrogens (tertiary/aromatic N) is 3. The molecule has 3 heterocycles. The van der Waals surface area contributed by atoms with Crippen molar-refractivity contribution < 1.29 is 9.18 Å². The molecule has 1 amide bonds. The number of anilines is 1. The first-order valence-corrected chi connectivity index (χ1v) is 9.91. The lowest BCUT2D eigenvalue weighted by molar-refractivity contribution is -0.116. The van der Waals surface area contributed by atoms with Gasteiger partial charge in [0.25, 0.3) is 0 Å². The van der Waals surface area contributed by atoms with E-state index >= 15 is 0 Å². The zero-order chi connectivity index (χ0) is 19.4. The number of benzene rings is 2. The van der Waals surface area contributed by atoms with Crippen molar-refractivity contribution in [2.75, 3.05) is 5.32 Å². The molecule has 28 heavy (non-hydrogen) atoms. The van der Waals surface area contributed by atoms with Crippen LogP contribution in [-0.4, -0.2) is 20.7 Å². The van der Waals surface area contributed by atoms with Crippen LogP contribution in [0.25, 0.3) is 15.3 Å². The summed E-state index contributed by atoms with van der Waals surface area (Å²) in [6.07, 6.45) is 0.136. The van der Waals surface area contributed by atoms with Crippen molar-refractivity contribution in [3.05, 3.63) is 70.1 Å². The van der Waals surface area contributed by atoms with E-state index in [1.54, 1.807) is 10.7 Å². The van der Waals surface area contributed by atoms with Crippen LogP contribution in [0.2, 0.25) is 5.02 Å². The molecule has 0 spiro atoms. The normalized spacial score (nSPS) is 16.2. The van der Waals surface area contributed by atoms with Gasteiger partial charge in [-0.15, -0.1) is 0 Å². The largest absolute Gasteiger partial charge is 0.310 e. The minimum Gasteiger partial charge on any atom is -0.310 e. The van der Waals surface area contributed by atoms with Gasteiger partial charge >= 0.3 is 0 Å². The Hall–Kier alpha value is -2.77. The molecule has 5 rings (SSSR count). The Morgan fingerprint density at radius 3 is 2.93 bits per heavy atom. The number of para-hydroxylation sites is 1. The molecule has 0 unspecified atom stereocenters. The number of aryl methyl sites for hydroxylation is 1. The van der Waals surface area contributed by atoms with E-state index in [4.69, 9.17) is 11.6 Å². The molecule has 0 saturated carbocycles. The highest BCUT2D eigenvalue weighted by atomic mass is 35.5. The van der Waals surface area contributed by atoms with Crippen molar-refractivity contribution in [3.8, 4) is 5.13 Å². The number of carbonyl (C=O) groups excluding carboxylic acids is 1. The van der Waals surface area contributed by atoms with Crippen molar-refractivity contribution in [3.63, 3.8) is 0 Å². The summed E-state index contributed by atoms with van der Waals surface area (Å²) in [7, 11) is 0. The van der Waals surface area contributed by atoms with Gasteiger partial charge in [-0.2, -0.15) is 9.78 Å². The van der Waals surface area contributed by atoms with Crippen LogP contribution >= 0.6 is 22.9 Å². The molecule has 0 radical (unpaired) electrons. The zero-order valence-corrected chi connectivity index (χ0v) is 16.3. The summed E-state index contributed by atoms with van der Waals surface area (Å²) in [5.41, 5.74) is 2.78. The maximum Gasteiger partial charge on any atom is 0.226 e. The number of carbonyl (C=O) groups is 1. The SMILES string of the molecule is Cc1nn(-c2nc3ccccc3s2)c2c1[C@H](c1cc(Cl)ccc1F)CC(=O)N2. The Kier molecular flexibility index (Phi) is 3.96. The summed E-state index contributed by atoms with van der Waals surface area (Å²) in [6, 6.07) is 12.2. The highest BCUT2D eigenvalue weighted by Gasteiger charge is 2.34. The Morgan fingerprint density at radius 2 is 2.11 bits per heavy atom. The summed E-state index contributed by atoms with van der Waals surface area (Å²) in [5, 5.41) is 8.59. The molecule has 5 nitrogen and oxygen atoms in total. The maximum atomic E-state index is 14.5. The molecule has 0 fully saturated rings. The van der Waals surface area contributed by atoms with Gasteiger partial charge in [0.2, 0.25) is 11.0 Å². The zero-order valence-electron chi connectivity index (χ0n) is 14.7. The van der Waals surface area contributed by atoms with Gasteiger partial charge in [-0.25, -0.2) is 9.37 Å². The van der Waals surface area contributed by atoms with Crippen molar-refractivity contribution >= 4 is 44.9 Å². The first-order valence-electron chi connectivity index (χ1n) is 8.71. The second-order valence-electron chi connectivity index (χ2n) is 6.69. The average molecular weight is 413 g/mol. The van der Waals surface area contributed by atoms with Crippen LogP contribution in [-0.2, 0) is 4.79 Å².